The van der Waals surface area contributed by atoms with Crippen LogP contribution in [0.15, 0.2) is 22.7 Å². The molecule has 0 spiro atoms. The number of rotatable bonds is 2. The summed E-state index contributed by atoms with van der Waals surface area (Å²) in [5.74, 6) is 1.60. The molecule has 2 aromatic rings. The van der Waals surface area contributed by atoms with E-state index in [-0.39, 0.29) is 0 Å². The van der Waals surface area contributed by atoms with E-state index in [1.807, 2.05) is 6.07 Å². The number of halogens is 2. The van der Waals surface area contributed by atoms with E-state index in [2.05, 4.69) is 76.1 Å². The van der Waals surface area contributed by atoms with Crippen LogP contribution in [0.3, 0.4) is 0 Å². The summed E-state index contributed by atoms with van der Waals surface area (Å²) in [6.07, 6.45) is 0. The van der Waals surface area contributed by atoms with Crippen LogP contribution in [0, 0.1) is 3.57 Å². The molecule has 1 aliphatic rings. The van der Waals surface area contributed by atoms with E-state index in [1.165, 1.54) is 0 Å². The van der Waals surface area contributed by atoms with Gasteiger partial charge in [-0.25, -0.2) is 0 Å². The van der Waals surface area contributed by atoms with Crippen LogP contribution < -0.4 is 10.2 Å². The molecule has 0 aliphatic carbocycles. The lowest BCUT2D eigenvalue weighted by Crippen LogP contribution is -2.44. The first kappa shape index (κ1) is 13.3. The number of hydrogen-bond acceptors (Lipinski definition) is 4. The lowest BCUT2D eigenvalue weighted by molar-refractivity contribution is 0.580. The number of nitrogens with one attached hydrogen (secondary N) is 2. The summed E-state index contributed by atoms with van der Waals surface area (Å²) < 4.78 is 2.20. The smallest absolute Gasteiger partial charge is 0.245 e. The minimum absolute atomic E-state index is 0.785. The molecule has 0 bridgehead atoms. The van der Waals surface area contributed by atoms with Gasteiger partial charge in [-0.3, -0.25) is 5.10 Å². The van der Waals surface area contributed by atoms with Crippen molar-refractivity contribution in [3.63, 3.8) is 0 Å². The molecular formula is C12H13BrIN5. The summed E-state index contributed by atoms with van der Waals surface area (Å²) in [5.41, 5.74) is 1.07. The molecule has 3 rings (SSSR count). The van der Waals surface area contributed by atoms with Crippen molar-refractivity contribution >= 4 is 44.5 Å². The van der Waals surface area contributed by atoms with Gasteiger partial charge in [-0.15, -0.1) is 5.10 Å². The highest BCUT2D eigenvalue weighted by Gasteiger charge is 2.16. The minimum atomic E-state index is 0.785. The molecule has 1 aromatic heterocycles. The lowest BCUT2D eigenvalue weighted by Gasteiger charge is -2.25. The van der Waals surface area contributed by atoms with Crippen LogP contribution in [0.1, 0.15) is 0 Å². The second-order valence-corrected chi connectivity index (χ2v) is 6.42. The van der Waals surface area contributed by atoms with E-state index in [9.17, 15) is 0 Å². The minimum Gasteiger partial charge on any atom is -0.337 e. The van der Waals surface area contributed by atoms with Gasteiger partial charge in [0.15, 0.2) is 5.82 Å². The fourth-order valence-electron chi connectivity index (χ4n) is 2.06. The molecule has 2 N–H and O–H groups in total. The van der Waals surface area contributed by atoms with Gasteiger partial charge in [0.25, 0.3) is 0 Å². The number of H-pyrrole nitrogens is 1. The highest BCUT2D eigenvalue weighted by atomic mass is 127. The Morgan fingerprint density at radius 2 is 2.05 bits per heavy atom. The van der Waals surface area contributed by atoms with E-state index in [0.717, 1.165) is 51.6 Å². The number of hydrogen-bond donors (Lipinski definition) is 2. The Balaban J connectivity index is 1.89. The molecule has 1 saturated heterocycles. The number of benzene rings is 1. The summed E-state index contributed by atoms with van der Waals surface area (Å²) in [7, 11) is 0. The molecular weight excluding hydrogens is 421 g/mol. The lowest BCUT2D eigenvalue weighted by atomic mass is 10.2. The van der Waals surface area contributed by atoms with Crippen molar-refractivity contribution in [3.05, 3.63) is 26.2 Å². The summed E-state index contributed by atoms with van der Waals surface area (Å²) in [6.45, 7) is 3.87. The Morgan fingerprint density at radius 1 is 1.26 bits per heavy atom. The zero-order valence-corrected chi connectivity index (χ0v) is 13.9. The van der Waals surface area contributed by atoms with Crippen molar-refractivity contribution in [2.24, 2.45) is 0 Å². The fraction of sp³-hybridized carbons (Fsp3) is 0.333. The maximum atomic E-state index is 4.61. The standard InChI is InChI=1S/C12H13BrIN5/c13-8-1-2-10(14)9(7-8)11-16-12(18-17-11)19-5-3-15-4-6-19/h1-2,7,15H,3-6H2,(H,16,17,18). The van der Waals surface area contributed by atoms with Crippen LogP contribution in [0.4, 0.5) is 5.95 Å². The molecule has 0 unspecified atom stereocenters. The Labute approximate surface area is 133 Å². The van der Waals surface area contributed by atoms with Gasteiger partial charge in [0.05, 0.1) is 0 Å². The molecule has 0 amide bonds. The van der Waals surface area contributed by atoms with Crippen LogP contribution in [0.25, 0.3) is 11.4 Å². The predicted molar refractivity (Wildman–Crippen MR) is 87.3 cm³/mol. The zero-order chi connectivity index (χ0) is 13.2. The Kier molecular flexibility index (Phi) is 4.04. The maximum Gasteiger partial charge on any atom is 0.245 e. The predicted octanol–water partition coefficient (Wildman–Crippen LogP) is 2.25. The third kappa shape index (κ3) is 2.92. The quantitative estimate of drug-likeness (QED) is 0.713. The first-order valence-corrected chi connectivity index (χ1v) is 7.95. The third-order valence-corrected chi connectivity index (χ3v) is 4.49. The molecule has 100 valence electrons. The first-order valence-electron chi connectivity index (χ1n) is 6.07. The number of nitrogens with zero attached hydrogens (tertiary/aromatic N) is 3. The maximum absolute atomic E-state index is 4.61. The van der Waals surface area contributed by atoms with Crippen LogP contribution >= 0.6 is 38.5 Å². The van der Waals surface area contributed by atoms with Gasteiger partial charge in [0.1, 0.15) is 0 Å². The molecule has 0 saturated carbocycles. The average Bonchev–Trinajstić information content (AvgIpc) is 2.92. The first-order chi connectivity index (χ1) is 9.24. The van der Waals surface area contributed by atoms with Crippen molar-refractivity contribution in [1.82, 2.24) is 20.5 Å². The highest BCUT2D eigenvalue weighted by molar-refractivity contribution is 14.1. The Hall–Kier alpha value is -0.670. The molecule has 1 aliphatic heterocycles. The van der Waals surface area contributed by atoms with Crippen molar-refractivity contribution < 1.29 is 0 Å². The number of anilines is 1. The van der Waals surface area contributed by atoms with E-state index in [0.29, 0.717) is 0 Å². The molecule has 2 heterocycles. The summed E-state index contributed by atoms with van der Waals surface area (Å²) in [5, 5.41) is 10.7. The summed E-state index contributed by atoms with van der Waals surface area (Å²) in [6, 6.07) is 6.15. The molecule has 0 atom stereocenters. The monoisotopic (exact) mass is 433 g/mol. The van der Waals surface area contributed by atoms with Crippen molar-refractivity contribution in [3.8, 4) is 11.4 Å². The normalized spacial score (nSPS) is 15.8. The second-order valence-electron chi connectivity index (χ2n) is 4.35. The molecule has 7 heteroatoms. The average molecular weight is 434 g/mol. The van der Waals surface area contributed by atoms with E-state index < -0.39 is 0 Å². The van der Waals surface area contributed by atoms with Crippen LogP contribution in [0.2, 0.25) is 0 Å². The highest BCUT2D eigenvalue weighted by Crippen LogP contribution is 2.26. The van der Waals surface area contributed by atoms with Crippen molar-refractivity contribution in [1.29, 1.82) is 0 Å². The largest absolute Gasteiger partial charge is 0.337 e. The van der Waals surface area contributed by atoms with Gasteiger partial charge < -0.3 is 10.2 Å². The molecule has 19 heavy (non-hydrogen) atoms. The van der Waals surface area contributed by atoms with Gasteiger partial charge >= 0.3 is 0 Å². The van der Waals surface area contributed by atoms with Gasteiger partial charge in [-0.2, -0.15) is 4.98 Å². The van der Waals surface area contributed by atoms with Gasteiger partial charge in [0.2, 0.25) is 5.95 Å². The number of aromatic amines is 1. The van der Waals surface area contributed by atoms with Gasteiger partial charge in [0, 0.05) is 39.8 Å². The zero-order valence-electron chi connectivity index (χ0n) is 10.2. The van der Waals surface area contributed by atoms with Crippen LogP contribution in [-0.2, 0) is 0 Å². The summed E-state index contributed by atoms with van der Waals surface area (Å²) >= 11 is 5.80. The van der Waals surface area contributed by atoms with E-state index in [4.69, 9.17) is 0 Å². The Bertz CT molecular complexity index is 579. The molecule has 5 nitrogen and oxygen atoms in total. The van der Waals surface area contributed by atoms with Gasteiger partial charge in [-0.1, -0.05) is 15.9 Å². The molecule has 0 radical (unpaired) electrons. The van der Waals surface area contributed by atoms with E-state index >= 15 is 0 Å². The number of piperazine rings is 1. The number of aromatic nitrogens is 3. The van der Waals surface area contributed by atoms with Crippen LogP contribution in [-0.4, -0.2) is 41.4 Å². The van der Waals surface area contributed by atoms with E-state index in [1.54, 1.807) is 0 Å². The third-order valence-electron chi connectivity index (χ3n) is 3.06. The topological polar surface area (TPSA) is 56.8 Å². The molecule has 1 aromatic carbocycles. The van der Waals surface area contributed by atoms with Gasteiger partial charge in [-0.05, 0) is 40.8 Å². The molecule has 1 fully saturated rings. The van der Waals surface area contributed by atoms with Crippen molar-refractivity contribution in [2.45, 2.75) is 0 Å². The fourth-order valence-corrected chi connectivity index (χ4v) is 3.01. The Morgan fingerprint density at radius 3 is 2.84 bits per heavy atom. The SMILES string of the molecule is Brc1ccc(I)c(-c2nc(N3CCNCC3)n[nH]2)c1. The second kappa shape index (κ2) is 5.76. The van der Waals surface area contributed by atoms with Crippen molar-refractivity contribution in [2.75, 3.05) is 31.1 Å². The summed E-state index contributed by atoms with van der Waals surface area (Å²) in [4.78, 5) is 6.81. The van der Waals surface area contributed by atoms with Crippen LogP contribution in [0.5, 0.6) is 0 Å².